The van der Waals surface area contributed by atoms with Gasteiger partial charge in [0, 0.05) is 13.1 Å². The van der Waals surface area contributed by atoms with Crippen molar-refractivity contribution in [2.24, 2.45) is 5.92 Å². The lowest BCUT2D eigenvalue weighted by atomic mass is 10.1. The summed E-state index contributed by atoms with van der Waals surface area (Å²) in [6, 6.07) is 1.21. The van der Waals surface area contributed by atoms with Gasteiger partial charge in [0.2, 0.25) is 0 Å². The fourth-order valence-corrected chi connectivity index (χ4v) is 2.03. The van der Waals surface area contributed by atoms with E-state index in [1.165, 1.54) is 0 Å². The molecular formula is C12H16F3N3. The van der Waals surface area contributed by atoms with E-state index in [-0.39, 0.29) is 11.7 Å². The molecule has 1 aliphatic carbocycles. The predicted molar refractivity (Wildman–Crippen MR) is 64.2 cm³/mol. The molecule has 1 aromatic rings. The van der Waals surface area contributed by atoms with Gasteiger partial charge < -0.3 is 10.6 Å². The smallest absolute Gasteiger partial charge is 0.396 e. The standard InChI is InChI=1S/C12H16F3N3/c1-7(8-3-4-8)18(2)10-5-11(12(13,14)15)17-6-9(10)16/h5-8H,3-4,16H2,1-2H3. The zero-order valence-corrected chi connectivity index (χ0v) is 10.3. The average Bonchev–Trinajstić information content (AvgIpc) is 3.10. The summed E-state index contributed by atoms with van der Waals surface area (Å²) in [6.07, 6.45) is -1.11. The number of nitrogens with zero attached hydrogens (tertiary/aromatic N) is 2. The number of halogens is 3. The van der Waals surface area contributed by atoms with E-state index >= 15 is 0 Å². The Bertz CT molecular complexity index is 441. The Hall–Kier alpha value is -1.46. The lowest BCUT2D eigenvalue weighted by Crippen LogP contribution is -2.31. The van der Waals surface area contributed by atoms with Crippen molar-refractivity contribution in [1.82, 2.24) is 4.98 Å². The number of alkyl halides is 3. The molecule has 0 amide bonds. The number of hydrogen-bond acceptors (Lipinski definition) is 3. The van der Waals surface area contributed by atoms with Crippen LogP contribution >= 0.6 is 0 Å². The van der Waals surface area contributed by atoms with Gasteiger partial charge in [-0.15, -0.1) is 0 Å². The largest absolute Gasteiger partial charge is 0.433 e. The highest BCUT2D eigenvalue weighted by atomic mass is 19.4. The normalized spacial score (nSPS) is 17.6. The Morgan fingerprint density at radius 1 is 1.44 bits per heavy atom. The minimum atomic E-state index is -4.44. The molecule has 2 rings (SSSR count). The molecule has 1 aromatic heterocycles. The highest BCUT2D eigenvalue weighted by Crippen LogP contribution is 2.38. The maximum atomic E-state index is 12.6. The summed E-state index contributed by atoms with van der Waals surface area (Å²) in [5, 5.41) is 0. The van der Waals surface area contributed by atoms with Crippen LogP contribution in [0.4, 0.5) is 24.5 Å². The molecule has 1 unspecified atom stereocenters. The molecule has 1 saturated carbocycles. The first-order valence-electron chi connectivity index (χ1n) is 5.86. The second-order valence-electron chi connectivity index (χ2n) is 4.82. The molecule has 6 heteroatoms. The Morgan fingerprint density at radius 3 is 2.56 bits per heavy atom. The molecule has 0 saturated heterocycles. The molecule has 18 heavy (non-hydrogen) atoms. The van der Waals surface area contributed by atoms with Crippen molar-refractivity contribution in [3.05, 3.63) is 18.0 Å². The molecule has 1 aliphatic rings. The third-order valence-electron chi connectivity index (χ3n) is 3.50. The molecular weight excluding hydrogens is 243 g/mol. The van der Waals surface area contributed by atoms with E-state index in [0.29, 0.717) is 11.6 Å². The van der Waals surface area contributed by atoms with Crippen LogP contribution in [0, 0.1) is 5.92 Å². The summed E-state index contributed by atoms with van der Waals surface area (Å²) in [5.41, 5.74) is 5.49. The molecule has 100 valence electrons. The van der Waals surface area contributed by atoms with Crippen molar-refractivity contribution >= 4 is 11.4 Å². The Labute approximate surface area is 104 Å². The molecule has 2 N–H and O–H groups in total. The van der Waals surface area contributed by atoms with Crippen LogP contribution in [0.1, 0.15) is 25.5 Å². The van der Waals surface area contributed by atoms with Crippen LogP contribution in [-0.4, -0.2) is 18.1 Å². The van der Waals surface area contributed by atoms with E-state index in [2.05, 4.69) is 4.98 Å². The zero-order chi connectivity index (χ0) is 13.5. The molecule has 3 nitrogen and oxygen atoms in total. The second kappa shape index (κ2) is 4.33. The van der Waals surface area contributed by atoms with E-state index < -0.39 is 11.9 Å². The van der Waals surface area contributed by atoms with Crippen LogP contribution in [0.2, 0.25) is 0 Å². The molecule has 0 aromatic carbocycles. The van der Waals surface area contributed by atoms with Crippen molar-refractivity contribution in [2.45, 2.75) is 32.0 Å². The van der Waals surface area contributed by atoms with E-state index in [1.807, 2.05) is 11.8 Å². The predicted octanol–water partition coefficient (Wildman–Crippen LogP) is 2.92. The van der Waals surface area contributed by atoms with Gasteiger partial charge in [-0.1, -0.05) is 0 Å². The van der Waals surface area contributed by atoms with Crippen LogP contribution in [0.5, 0.6) is 0 Å². The Balaban J connectivity index is 2.30. The summed E-state index contributed by atoms with van der Waals surface area (Å²) in [5.74, 6) is 0.553. The van der Waals surface area contributed by atoms with Crippen molar-refractivity contribution in [1.29, 1.82) is 0 Å². The quantitative estimate of drug-likeness (QED) is 0.907. The van der Waals surface area contributed by atoms with Crippen LogP contribution in [0.25, 0.3) is 0 Å². The number of pyridine rings is 1. The molecule has 1 atom stereocenters. The number of aromatic nitrogens is 1. The highest BCUT2D eigenvalue weighted by molar-refractivity contribution is 5.67. The SMILES string of the molecule is CC(C1CC1)N(C)c1cc(C(F)(F)F)ncc1N. The summed E-state index contributed by atoms with van der Waals surface area (Å²) in [6.45, 7) is 2.00. The zero-order valence-electron chi connectivity index (χ0n) is 10.3. The fraction of sp³-hybridized carbons (Fsp3) is 0.583. The molecule has 1 fully saturated rings. The Kier molecular flexibility index (Phi) is 3.12. The van der Waals surface area contributed by atoms with Crippen LogP contribution < -0.4 is 10.6 Å². The van der Waals surface area contributed by atoms with Gasteiger partial charge in [0.25, 0.3) is 0 Å². The van der Waals surface area contributed by atoms with Gasteiger partial charge >= 0.3 is 6.18 Å². The van der Waals surface area contributed by atoms with Crippen molar-refractivity contribution in [3.63, 3.8) is 0 Å². The van der Waals surface area contributed by atoms with E-state index in [9.17, 15) is 13.2 Å². The minimum Gasteiger partial charge on any atom is -0.396 e. The van der Waals surface area contributed by atoms with Crippen molar-refractivity contribution in [3.8, 4) is 0 Å². The Morgan fingerprint density at radius 2 is 2.06 bits per heavy atom. The van der Waals surface area contributed by atoms with Crippen LogP contribution in [0.3, 0.4) is 0 Å². The lowest BCUT2D eigenvalue weighted by Gasteiger charge is -2.28. The summed E-state index contributed by atoms with van der Waals surface area (Å²) in [4.78, 5) is 5.15. The average molecular weight is 259 g/mol. The summed E-state index contributed by atoms with van der Waals surface area (Å²) >= 11 is 0. The monoisotopic (exact) mass is 259 g/mol. The highest BCUT2D eigenvalue weighted by Gasteiger charge is 2.35. The minimum absolute atomic E-state index is 0.191. The van der Waals surface area contributed by atoms with E-state index in [1.54, 1.807) is 7.05 Å². The fourth-order valence-electron chi connectivity index (χ4n) is 2.03. The van der Waals surface area contributed by atoms with E-state index in [4.69, 9.17) is 5.73 Å². The van der Waals surface area contributed by atoms with Crippen LogP contribution in [-0.2, 0) is 6.18 Å². The van der Waals surface area contributed by atoms with Crippen molar-refractivity contribution in [2.75, 3.05) is 17.7 Å². The maximum Gasteiger partial charge on any atom is 0.433 e. The first-order chi connectivity index (χ1) is 8.30. The molecule has 0 radical (unpaired) electrons. The summed E-state index contributed by atoms with van der Waals surface area (Å²) in [7, 11) is 1.77. The van der Waals surface area contributed by atoms with Gasteiger partial charge in [0.15, 0.2) is 0 Å². The maximum absolute atomic E-state index is 12.6. The van der Waals surface area contributed by atoms with Gasteiger partial charge in [0.1, 0.15) is 5.69 Å². The third kappa shape index (κ3) is 2.52. The van der Waals surface area contributed by atoms with Gasteiger partial charge in [-0.25, -0.2) is 4.98 Å². The second-order valence-corrected chi connectivity index (χ2v) is 4.82. The first kappa shape index (κ1) is 13.0. The molecule has 0 aliphatic heterocycles. The molecule has 1 heterocycles. The van der Waals surface area contributed by atoms with Crippen LogP contribution in [0.15, 0.2) is 12.3 Å². The number of rotatable bonds is 3. The molecule has 0 spiro atoms. The van der Waals surface area contributed by atoms with Gasteiger partial charge in [-0.2, -0.15) is 13.2 Å². The van der Waals surface area contributed by atoms with Gasteiger partial charge in [0.05, 0.1) is 17.6 Å². The van der Waals surface area contributed by atoms with Gasteiger partial charge in [-0.3, -0.25) is 0 Å². The van der Waals surface area contributed by atoms with Crippen molar-refractivity contribution < 1.29 is 13.2 Å². The third-order valence-corrected chi connectivity index (χ3v) is 3.50. The summed E-state index contributed by atoms with van der Waals surface area (Å²) < 4.78 is 37.8. The first-order valence-corrected chi connectivity index (χ1v) is 5.86. The topological polar surface area (TPSA) is 42.2 Å². The number of anilines is 2. The molecule has 0 bridgehead atoms. The lowest BCUT2D eigenvalue weighted by molar-refractivity contribution is -0.141. The van der Waals surface area contributed by atoms with E-state index in [0.717, 1.165) is 25.1 Å². The number of nitrogen functional groups attached to an aromatic ring is 1. The number of nitrogens with two attached hydrogens (primary N) is 1. The van der Waals surface area contributed by atoms with Gasteiger partial charge in [-0.05, 0) is 31.7 Å². The number of hydrogen-bond donors (Lipinski definition) is 1.